The van der Waals surface area contributed by atoms with Gasteiger partial charge in [-0.25, -0.2) is 0 Å². The Hall–Kier alpha value is -1.78. The Labute approximate surface area is 143 Å². The predicted molar refractivity (Wildman–Crippen MR) is 91.3 cm³/mol. The van der Waals surface area contributed by atoms with Crippen molar-refractivity contribution in [2.75, 3.05) is 0 Å². The van der Waals surface area contributed by atoms with Crippen LogP contribution in [0.3, 0.4) is 0 Å². The van der Waals surface area contributed by atoms with Crippen molar-refractivity contribution in [2.45, 2.75) is 82.5 Å². The molecule has 1 atom stereocenters. The number of nitrogens with zero attached hydrogens (tertiary/aromatic N) is 2. The smallest absolute Gasteiger partial charge is 0.249 e. The van der Waals surface area contributed by atoms with Gasteiger partial charge in [-0.2, -0.15) is 0 Å². The molecule has 0 aromatic carbocycles. The molecule has 2 fully saturated rings. The number of rotatable bonds is 3. The van der Waals surface area contributed by atoms with Crippen LogP contribution >= 0.6 is 0 Å². The second kappa shape index (κ2) is 6.61. The minimum Gasteiger partial charge on any atom is -0.351 e. The molecule has 2 amide bonds. The molecule has 2 saturated carbocycles. The van der Waals surface area contributed by atoms with Crippen LogP contribution in [0.4, 0.5) is 0 Å². The fourth-order valence-electron chi connectivity index (χ4n) is 4.24. The van der Waals surface area contributed by atoms with E-state index < -0.39 is 6.04 Å². The number of carbonyl (C=O) groups excluding carboxylic acids is 2. The zero-order valence-electron chi connectivity index (χ0n) is 14.2. The summed E-state index contributed by atoms with van der Waals surface area (Å²) in [6, 6.07) is 4.01. The van der Waals surface area contributed by atoms with Crippen molar-refractivity contribution in [3.63, 3.8) is 0 Å². The summed E-state index contributed by atoms with van der Waals surface area (Å²) in [4.78, 5) is 27.5. The first kappa shape index (κ1) is 15.7. The first-order valence-electron chi connectivity index (χ1n) is 9.50. The van der Waals surface area contributed by atoms with Gasteiger partial charge in [0, 0.05) is 18.3 Å². The van der Waals surface area contributed by atoms with Gasteiger partial charge in [0.05, 0.1) is 5.69 Å². The van der Waals surface area contributed by atoms with Gasteiger partial charge in [0.1, 0.15) is 6.54 Å². The minimum absolute atomic E-state index is 0.0143. The molecule has 0 bridgehead atoms. The zero-order valence-corrected chi connectivity index (χ0v) is 14.2. The summed E-state index contributed by atoms with van der Waals surface area (Å²) in [5.74, 6) is 0.0967. The molecule has 0 saturated heterocycles. The fourth-order valence-corrected chi connectivity index (χ4v) is 4.24. The first-order valence-corrected chi connectivity index (χ1v) is 9.50. The molecule has 3 aliphatic rings. The number of amides is 2. The number of nitrogens with one attached hydrogen (secondary N) is 1. The molecule has 4 rings (SSSR count). The normalized spacial score (nSPS) is 25.8. The maximum atomic E-state index is 13.1. The van der Waals surface area contributed by atoms with E-state index in [1.807, 2.05) is 27.8 Å². The minimum atomic E-state index is -0.445. The summed E-state index contributed by atoms with van der Waals surface area (Å²) >= 11 is 0. The van der Waals surface area contributed by atoms with Gasteiger partial charge in [0.25, 0.3) is 0 Å². The summed E-state index contributed by atoms with van der Waals surface area (Å²) in [7, 11) is 0. The number of carbonyl (C=O) groups is 2. The lowest BCUT2D eigenvalue weighted by Crippen LogP contribution is -2.51. The number of aromatic nitrogens is 1. The molecule has 2 aliphatic carbocycles. The SMILES string of the molecule is O=C(NC1CCCCCCC1)C1c2cccn2CC(=O)N1C1CC1. The third-order valence-corrected chi connectivity index (χ3v) is 5.66. The van der Waals surface area contributed by atoms with Gasteiger partial charge in [-0.3, -0.25) is 9.59 Å². The standard InChI is InChI=1S/C19H27N3O2/c23-17-13-21-12-6-9-16(21)18(22(17)15-10-11-15)19(24)20-14-7-4-2-1-3-5-8-14/h6,9,12,14-15,18H,1-5,7-8,10-11,13H2,(H,20,24). The Bertz CT molecular complexity index is 612. The van der Waals surface area contributed by atoms with Crippen molar-refractivity contribution >= 4 is 11.8 Å². The van der Waals surface area contributed by atoms with E-state index in [-0.39, 0.29) is 23.9 Å². The Morgan fingerprint density at radius 2 is 1.75 bits per heavy atom. The quantitative estimate of drug-likeness (QED) is 0.927. The van der Waals surface area contributed by atoms with E-state index in [9.17, 15) is 9.59 Å². The third-order valence-electron chi connectivity index (χ3n) is 5.66. The Morgan fingerprint density at radius 1 is 1.04 bits per heavy atom. The molecule has 1 aromatic heterocycles. The summed E-state index contributed by atoms with van der Waals surface area (Å²) in [6.07, 6.45) is 12.3. The Morgan fingerprint density at radius 3 is 2.46 bits per heavy atom. The predicted octanol–water partition coefficient (Wildman–Crippen LogP) is 2.76. The van der Waals surface area contributed by atoms with Crippen molar-refractivity contribution in [1.29, 1.82) is 0 Å². The van der Waals surface area contributed by atoms with Crippen LogP contribution in [-0.4, -0.2) is 33.4 Å². The highest BCUT2D eigenvalue weighted by molar-refractivity contribution is 5.90. The lowest BCUT2D eigenvalue weighted by Gasteiger charge is -2.37. The molecule has 1 unspecified atom stereocenters. The van der Waals surface area contributed by atoms with Crippen LogP contribution in [0, 0.1) is 0 Å². The van der Waals surface area contributed by atoms with Crippen LogP contribution in [0.15, 0.2) is 18.3 Å². The van der Waals surface area contributed by atoms with E-state index in [4.69, 9.17) is 0 Å². The summed E-state index contributed by atoms with van der Waals surface area (Å²) in [5, 5.41) is 3.27. The lowest BCUT2D eigenvalue weighted by molar-refractivity contribution is -0.144. The molecule has 5 nitrogen and oxygen atoms in total. The van der Waals surface area contributed by atoms with Crippen molar-refractivity contribution in [3.05, 3.63) is 24.0 Å². The van der Waals surface area contributed by atoms with Gasteiger partial charge in [0.15, 0.2) is 6.04 Å². The van der Waals surface area contributed by atoms with E-state index in [1.54, 1.807) is 0 Å². The lowest BCUT2D eigenvalue weighted by atomic mass is 9.96. The molecule has 24 heavy (non-hydrogen) atoms. The second-order valence-electron chi connectivity index (χ2n) is 7.55. The van der Waals surface area contributed by atoms with Crippen molar-refractivity contribution in [2.24, 2.45) is 0 Å². The molecule has 5 heteroatoms. The summed E-state index contributed by atoms with van der Waals surface area (Å²) in [5.41, 5.74) is 0.963. The molecule has 0 spiro atoms. The zero-order chi connectivity index (χ0) is 16.5. The van der Waals surface area contributed by atoms with Gasteiger partial charge >= 0.3 is 0 Å². The van der Waals surface area contributed by atoms with Crippen molar-refractivity contribution in [1.82, 2.24) is 14.8 Å². The molecule has 0 radical (unpaired) electrons. The molecule has 1 aliphatic heterocycles. The topological polar surface area (TPSA) is 54.3 Å². The monoisotopic (exact) mass is 329 g/mol. The average molecular weight is 329 g/mol. The number of hydrogen-bond donors (Lipinski definition) is 1. The summed E-state index contributed by atoms with van der Waals surface area (Å²) < 4.78 is 1.93. The molecule has 1 N–H and O–H groups in total. The van der Waals surface area contributed by atoms with Crippen LogP contribution in [0.25, 0.3) is 0 Å². The maximum absolute atomic E-state index is 13.1. The van der Waals surface area contributed by atoms with Gasteiger partial charge < -0.3 is 14.8 Å². The first-order chi connectivity index (χ1) is 11.7. The number of fused-ring (bicyclic) bond motifs is 1. The van der Waals surface area contributed by atoms with Crippen molar-refractivity contribution < 1.29 is 9.59 Å². The fraction of sp³-hybridized carbons (Fsp3) is 0.684. The second-order valence-corrected chi connectivity index (χ2v) is 7.55. The van der Waals surface area contributed by atoms with Gasteiger partial charge in [-0.1, -0.05) is 32.1 Å². The maximum Gasteiger partial charge on any atom is 0.249 e. The third kappa shape index (κ3) is 3.08. The van der Waals surface area contributed by atoms with Gasteiger partial charge in [-0.05, 0) is 37.8 Å². The molecule has 1 aromatic rings. The largest absolute Gasteiger partial charge is 0.351 e. The molecule has 130 valence electrons. The van der Waals surface area contributed by atoms with Crippen LogP contribution < -0.4 is 5.32 Å². The summed E-state index contributed by atoms with van der Waals surface area (Å²) in [6.45, 7) is 0.367. The molecule has 2 heterocycles. The van der Waals surface area contributed by atoms with E-state index in [0.29, 0.717) is 6.54 Å². The van der Waals surface area contributed by atoms with Crippen LogP contribution in [0.1, 0.15) is 69.5 Å². The highest BCUT2D eigenvalue weighted by atomic mass is 16.2. The number of hydrogen-bond acceptors (Lipinski definition) is 2. The Kier molecular flexibility index (Phi) is 4.33. The van der Waals surface area contributed by atoms with Gasteiger partial charge in [-0.15, -0.1) is 0 Å². The van der Waals surface area contributed by atoms with Crippen LogP contribution in [0.5, 0.6) is 0 Å². The van der Waals surface area contributed by atoms with Crippen LogP contribution in [-0.2, 0) is 16.1 Å². The molecular formula is C19H27N3O2. The van der Waals surface area contributed by atoms with Gasteiger partial charge in [0.2, 0.25) is 11.8 Å². The van der Waals surface area contributed by atoms with E-state index in [1.165, 1.54) is 32.1 Å². The molecular weight excluding hydrogens is 302 g/mol. The van der Waals surface area contributed by atoms with Crippen molar-refractivity contribution in [3.8, 4) is 0 Å². The van der Waals surface area contributed by atoms with Crippen LogP contribution in [0.2, 0.25) is 0 Å². The van der Waals surface area contributed by atoms with E-state index in [0.717, 1.165) is 31.4 Å². The van der Waals surface area contributed by atoms with E-state index >= 15 is 0 Å². The highest BCUT2D eigenvalue weighted by Gasteiger charge is 2.45. The highest BCUT2D eigenvalue weighted by Crippen LogP contribution is 2.37. The average Bonchev–Trinajstić information content (AvgIpc) is 3.26. The Balaban J connectivity index is 1.53. The van der Waals surface area contributed by atoms with E-state index in [2.05, 4.69) is 5.32 Å².